The number of hydrogen-bond acceptors (Lipinski definition) is 3. The Kier molecular flexibility index (Phi) is 2.64. The third-order valence-corrected chi connectivity index (χ3v) is 2.36. The van der Waals surface area contributed by atoms with E-state index in [9.17, 15) is 4.79 Å². The Balaban J connectivity index is 2.52. The minimum Gasteiger partial charge on any atom is -0.478 e. The van der Waals surface area contributed by atoms with E-state index in [1.807, 2.05) is 6.07 Å². The van der Waals surface area contributed by atoms with Crippen molar-refractivity contribution in [2.45, 2.75) is 6.92 Å². The number of carbonyl (C=O) groups is 1. The van der Waals surface area contributed by atoms with E-state index >= 15 is 0 Å². The fourth-order valence-corrected chi connectivity index (χ4v) is 1.48. The lowest BCUT2D eigenvalue weighted by molar-refractivity contribution is 0.0696. The average molecular weight is 214 g/mol. The summed E-state index contributed by atoms with van der Waals surface area (Å²) in [6.45, 7) is 1.77. The van der Waals surface area contributed by atoms with Crippen LogP contribution < -0.4 is 0 Å². The van der Waals surface area contributed by atoms with Crippen LogP contribution in [0.4, 0.5) is 0 Å². The van der Waals surface area contributed by atoms with Crippen molar-refractivity contribution in [3.8, 4) is 11.1 Å². The SMILES string of the molecule is Cc1ccc(-c2cncnc2)cc1C(=O)O. The summed E-state index contributed by atoms with van der Waals surface area (Å²) >= 11 is 0. The lowest BCUT2D eigenvalue weighted by atomic mass is 10.0. The molecule has 0 spiro atoms. The molecule has 0 bridgehead atoms. The number of carboxylic acid groups (broad SMARTS) is 1. The summed E-state index contributed by atoms with van der Waals surface area (Å²) in [5.74, 6) is -0.920. The summed E-state index contributed by atoms with van der Waals surface area (Å²) in [6.07, 6.45) is 4.75. The molecule has 0 atom stereocenters. The number of aromatic carboxylic acids is 1. The Labute approximate surface area is 92.6 Å². The van der Waals surface area contributed by atoms with Crippen molar-refractivity contribution >= 4 is 5.97 Å². The van der Waals surface area contributed by atoms with E-state index in [4.69, 9.17) is 5.11 Å². The second-order valence-electron chi connectivity index (χ2n) is 3.46. The van der Waals surface area contributed by atoms with Crippen LogP contribution >= 0.6 is 0 Å². The number of benzene rings is 1. The Morgan fingerprint density at radius 3 is 2.50 bits per heavy atom. The first-order valence-corrected chi connectivity index (χ1v) is 4.78. The highest BCUT2D eigenvalue weighted by Crippen LogP contribution is 2.20. The van der Waals surface area contributed by atoms with Crippen LogP contribution in [0.5, 0.6) is 0 Å². The van der Waals surface area contributed by atoms with Crippen molar-refractivity contribution < 1.29 is 9.90 Å². The number of hydrogen-bond donors (Lipinski definition) is 1. The highest BCUT2D eigenvalue weighted by atomic mass is 16.4. The molecular weight excluding hydrogens is 204 g/mol. The molecule has 0 aliphatic carbocycles. The quantitative estimate of drug-likeness (QED) is 0.831. The standard InChI is InChI=1S/C12H10N2O2/c1-8-2-3-9(4-11(8)12(15)16)10-5-13-7-14-6-10/h2-7H,1H3,(H,15,16). The summed E-state index contributed by atoms with van der Waals surface area (Å²) in [7, 11) is 0. The average Bonchev–Trinajstić information content (AvgIpc) is 2.30. The van der Waals surface area contributed by atoms with Gasteiger partial charge in [0.25, 0.3) is 0 Å². The zero-order chi connectivity index (χ0) is 11.5. The minimum atomic E-state index is -0.920. The topological polar surface area (TPSA) is 63.1 Å². The molecule has 0 saturated carbocycles. The molecule has 2 aromatic rings. The third kappa shape index (κ3) is 1.91. The maximum atomic E-state index is 11.0. The van der Waals surface area contributed by atoms with Gasteiger partial charge in [-0.2, -0.15) is 0 Å². The lowest BCUT2D eigenvalue weighted by Gasteiger charge is -2.04. The van der Waals surface area contributed by atoms with E-state index in [-0.39, 0.29) is 0 Å². The van der Waals surface area contributed by atoms with Crippen molar-refractivity contribution in [1.82, 2.24) is 9.97 Å². The van der Waals surface area contributed by atoms with E-state index in [0.717, 1.165) is 16.7 Å². The highest BCUT2D eigenvalue weighted by molar-refractivity contribution is 5.91. The number of aromatic nitrogens is 2. The number of carboxylic acids is 1. The second-order valence-corrected chi connectivity index (χ2v) is 3.46. The Morgan fingerprint density at radius 2 is 1.88 bits per heavy atom. The van der Waals surface area contributed by atoms with Gasteiger partial charge in [0.05, 0.1) is 5.56 Å². The lowest BCUT2D eigenvalue weighted by Crippen LogP contribution is -1.99. The minimum absolute atomic E-state index is 0.307. The van der Waals surface area contributed by atoms with Crippen LogP contribution in [0.15, 0.2) is 36.9 Å². The van der Waals surface area contributed by atoms with Crippen LogP contribution in [0.1, 0.15) is 15.9 Å². The molecule has 0 radical (unpaired) electrons. The number of nitrogens with zero attached hydrogens (tertiary/aromatic N) is 2. The first-order chi connectivity index (χ1) is 7.68. The van der Waals surface area contributed by atoms with E-state index in [1.165, 1.54) is 6.33 Å². The monoisotopic (exact) mass is 214 g/mol. The predicted molar refractivity (Wildman–Crippen MR) is 59.2 cm³/mol. The fraction of sp³-hybridized carbons (Fsp3) is 0.0833. The van der Waals surface area contributed by atoms with Crippen LogP contribution in [0, 0.1) is 6.92 Å². The van der Waals surface area contributed by atoms with E-state index in [0.29, 0.717) is 5.56 Å². The molecule has 0 aliphatic rings. The van der Waals surface area contributed by atoms with E-state index < -0.39 is 5.97 Å². The molecule has 1 aromatic carbocycles. The molecule has 1 aromatic heterocycles. The van der Waals surface area contributed by atoms with Gasteiger partial charge in [0.1, 0.15) is 6.33 Å². The summed E-state index contributed by atoms with van der Waals surface area (Å²) < 4.78 is 0. The Hall–Kier alpha value is -2.23. The van der Waals surface area contributed by atoms with E-state index in [2.05, 4.69) is 9.97 Å². The molecule has 4 heteroatoms. The van der Waals surface area contributed by atoms with Gasteiger partial charge in [-0.3, -0.25) is 0 Å². The summed E-state index contributed by atoms with van der Waals surface area (Å²) in [4.78, 5) is 18.8. The first-order valence-electron chi connectivity index (χ1n) is 4.78. The smallest absolute Gasteiger partial charge is 0.335 e. The molecule has 2 rings (SSSR count). The van der Waals surface area contributed by atoms with Crippen LogP contribution in [0.3, 0.4) is 0 Å². The Morgan fingerprint density at radius 1 is 1.19 bits per heavy atom. The zero-order valence-electron chi connectivity index (χ0n) is 8.71. The number of rotatable bonds is 2. The highest BCUT2D eigenvalue weighted by Gasteiger charge is 2.08. The van der Waals surface area contributed by atoms with Crippen molar-refractivity contribution in [1.29, 1.82) is 0 Å². The zero-order valence-corrected chi connectivity index (χ0v) is 8.71. The summed E-state index contributed by atoms with van der Waals surface area (Å²) in [5.41, 5.74) is 2.67. The third-order valence-electron chi connectivity index (χ3n) is 2.36. The molecule has 0 unspecified atom stereocenters. The van der Waals surface area contributed by atoms with Gasteiger partial charge in [0, 0.05) is 18.0 Å². The van der Waals surface area contributed by atoms with Crippen molar-refractivity contribution in [2.75, 3.05) is 0 Å². The van der Waals surface area contributed by atoms with Gasteiger partial charge in [-0.25, -0.2) is 14.8 Å². The van der Waals surface area contributed by atoms with Crippen molar-refractivity contribution in [3.63, 3.8) is 0 Å². The molecule has 0 saturated heterocycles. The van der Waals surface area contributed by atoms with Gasteiger partial charge in [-0.05, 0) is 24.1 Å². The fourth-order valence-electron chi connectivity index (χ4n) is 1.48. The molecule has 1 heterocycles. The van der Waals surface area contributed by atoms with Crippen LogP contribution in [-0.4, -0.2) is 21.0 Å². The van der Waals surface area contributed by atoms with Crippen LogP contribution in [-0.2, 0) is 0 Å². The normalized spacial score (nSPS) is 10.1. The molecule has 1 N–H and O–H groups in total. The predicted octanol–water partition coefficient (Wildman–Crippen LogP) is 2.15. The van der Waals surface area contributed by atoms with Crippen molar-refractivity contribution in [3.05, 3.63) is 48.0 Å². The van der Waals surface area contributed by atoms with Gasteiger partial charge in [-0.15, -0.1) is 0 Å². The maximum absolute atomic E-state index is 11.0. The van der Waals surface area contributed by atoms with Gasteiger partial charge < -0.3 is 5.11 Å². The molecule has 4 nitrogen and oxygen atoms in total. The molecule has 16 heavy (non-hydrogen) atoms. The van der Waals surface area contributed by atoms with Gasteiger partial charge in [0.2, 0.25) is 0 Å². The first kappa shape index (κ1) is 10.3. The molecule has 0 fully saturated rings. The summed E-state index contributed by atoms with van der Waals surface area (Å²) in [5, 5.41) is 9.01. The largest absolute Gasteiger partial charge is 0.478 e. The van der Waals surface area contributed by atoms with Crippen LogP contribution in [0.25, 0.3) is 11.1 Å². The number of aryl methyl sites for hydroxylation is 1. The molecule has 0 amide bonds. The maximum Gasteiger partial charge on any atom is 0.335 e. The van der Waals surface area contributed by atoms with Gasteiger partial charge in [0.15, 0.2) is 0 Å². The molecule has 80 valence electrons. The van der Waals surface area contributed by atoms with Crippen molar-refractivity contribution in [2.24, 2.45) is 0 Å². The molecule has 0 aliphatic heterocycles. The molecular formula is C12H10N2O2. The second kappa shape index (κ2) is 4.10. The van der Waals surface area contributed by atoms with E-state index in [1.54, 1.807) is 31.5 Å². The van der Waals surface area contributed by atoms with Crippen LogP contribution in [0.2, 0.25) is 0 Å². The summed E-state index contributed by atoms with van der Waals surface area (Å²) in [6, 6.07) is 5.28. The van der Waals surface area contributed by atoms with Gasteiger partial charge in [-0.1, -0.05) is 12.1 Å². The Bertz CT molecular complexity index is 524. The van der Waals surface area contributed by atoms with Gasteiger partial charge >= 0.3 is 5.97 Å².